The quantitative estimate of drug-likeness (QED) is 0.689. The van der Waals surface area contributed by atoms with Crippen LogP contribution < -0.4 is 0 Å². The average Bonchev–Trinajstić information content (AvgIpc) is 3.17. The summed E-state index contributed by atoms with van der Waals surface area (Å²) in [5, 5.41) is 5.37. The van der Waals surface area contributed by atoms with E-state index in [2.05, 4.69) is 15.1 Å². The number of aromatic nitrogens is 3. The number of carbonyl (C=O) groups excluding carboxylic acids is 1. The van der Waals surface area contributed by atoms with Crippen molar-refractivity contribution >= 4 is 17.3 Å². The van der Waals surface area contributed by atoms with Crippen LogP contribution in [0.5, 0.6) is 0 Å². The zero-order valence-corrected chi connectivity index (χ0v) is 11.9. The Kier molecular flexibility index (Phi) is 3.74. The van der Waals surface area contributed by atoms with Crippen molar-refractivity contribution in [3.05, 3.63) is 64.2 Å². The van der Waals surface area contributed by atoms with Crippen LogP contribution in [0.3, 0.4) is 0 Å². The second-order valence-corrected chi connectivity index (χ2v) is 4.97. The predicted octanol–water partition coefficient (Wildman–Crippen LogP) is 2.78. The Hall–Kier alpha value is -2.54. The highest BCUT2D eigenvalue weighted by molar-refractivity contribution is 7.07. The number of nitrogens with zero attached hydrogens (tertiary/aromatic N) is 3. The average molecular weight is 301 g/mol. The highest BCUT2D eigenvalue weighted by Crippen LogP contribution is 2.25. The highest BCUT2D eigenvalue weighted by Gasteiger charge is 2.26. The summed E-state index contributed by atoms with van der Waals surface area (Å²) in [7, 11) is 0. The molecule has 0 fully saturated rings. The fourth-order valence-electron chi connectivity index (χ4n) is 1.79. The van der Waals surface area contributed by atoms with Gasteiger partial charge in [0.2, 0.25) is 6.10 Å². The Balaban J connectivity index is 1.91. The third-order valence-corrected chi connectivity index (χ3v) is 3.32. The minimum Gasteiger partial charge on any atom is -0.443 e. The standard InChI is InChI=1S/C14H11N3O3S/c1-9-16-13(20-17-9)12(10-5-3-2-4-6-10)19-14(18)11-7-21-8-15-11/h2-8,12H,1H3/t12-/m1/s1. The number of carbonyl (C=O) groups is 1. The maximum absolute atomic E-state index is 12.1. The Labute approximate surface area is 124 Å². The fraction of sp³-hybridized carbons (Fsp3) is 0.143. The summed E-state index contributed by atoms with van der Waals surface area (Å²) in [5.41, 5.74) is 2.59. The van der Waals surface area contributed by atoms with Gasteiger partial charge >= 0.3 is 5.97 Å². The number of ether oxygens (including phenoxy) is 1. The van der Waals surface area contributed by atoms with E-state index in [9.17, 15) is 4.79 Å². The molecule has 0 aliphatic rings. The molecule has 106 valence electrons. The van der Waals surface area contributed by atoms with Crippen LogP contribution in [0.25, 0.3) is 0 Å². The van der Waals surface area contributed by atoms with Crippen molar-refractivity contribution in [2.24, 2.45) is 0 Å². The minimum atomic E-state index is -0.749. The molecule has 3 rings (SSSR count). The molecule has 2 heterocycles. The maximum Gasteiger partial charge on any atom is 0.358 e. The van der Waals surface area contributed by atoms with Gasteiger partial charge in [-0.3, -0.25) is 0 Å². The maximum atomic E-state index is 12.1. The van der Waals surface area contributed by atoms with E-state index < -0.39 is 12.1 Å². The van der Waals surface area contributed by atoms with Crippen LogP contribution in [0, 0.1) is 6.92 Å². The number of esters is 1. The van der Waals surface area contributed by atoms with Crippen molar-refractivity contribution < 1.29 is 14.1 Å². The second-order valence-electron chi connectivity index (χ2n) is 4.25. The van der Waals surface area contributed by atoms with Gasteiger partial charge in [-0.15, -0.1) is 11.3 Å². The first-order valence-electron chi connectivity index (χ1n) is 6.18. The van der Waals surface area contributed by atoms with E-state index in [0.29, 0.717) is 5.82 Å². The van der Waals surface area contributed by atoms with Gasteiger partial charge < -0.3 is 9.26 Å². The van der Waals surface area contributed by atoms with Gasteiger partial charge in [0.05, 0.1) is 5.51 Å². The number of rotatable bonds is 4. The number of benzene rings is 1. The first-order valence-corrected chi connectivity index (χ1v) is 7.12. The van der Waals surface area contributed by atoms with Crippen LogP contribution >= 0.6 is 11.3 Å². The Morgan fingerprint density at radius 1 is 1.33 bits per heavy atom. The molecular weight excluding hydrogens is 290 g/mol. The van der Waals surface area contributed by atoms with Gasteiger partial charge in [-0.1, -0.05) is 35.5 Å². The van der Waals surface area contributed by atoms with Crippen molar-refractivity contribution in [1.29, 1.82) is 0 Å². The molecule has 1 atom stereocenters. The highest BCUT2D eigenvalue weighted by atomic mass is 32.1. The van der Waals surface area contributed by atoms with Gasteiger partial charge in [0.1, 0.15) is 0 Å². The summed E-state index contributed by atoms with van der Waals surface area (Å²) in [6, 6.07) is 9.24. The minimum absolute atomic E-state index is 0.238. The van der Waals surface area contributed by atoms with Crippen LogP contribution in [-0.4, -0.2) is 21.1 Å². The van der Waals surface area contributed by atoms with Crippen molar-refractivity contribution in [2.45, 2.75) is 13.0 Å². The zero-order chi connectivity index (χ0) is 14.7. The van der Waals surface area contributed by atoms with Gasteiger partial charge in [0.25, 0.3) is 5.89 Å². The van der Waals surface area contributed by atoms with Gasteiger partial charge in [-0.25, -0.2) is 9.78 Å². The Morgan fingerprint density at radius 3 is 2.76 bits per heavy atom. The molecule has 21 heavy (non-hydrogen) atoms. The third-order valence-electron chi connectivity index (χ3n) is 2.74. The Morgan fingerprint density at radius 2 is 2.14 bits per heavy atom. The molecule has 1 aromatic carbocycles. The van der Waals surface area contributed by atoms with Crippen LogP contribution in [0.15, 0.2) is 45.7 Å². The van der Waals surface area contributed by atoms with Crippen molar-refractivity contribution in [3.63, 3.8) is 0 Å². The molecule has 6 nitrogen and oxygen atoms in total. The topological polar surface area (TPSA) is 78.1 Å². The van der Waals surface area contributed by atoms with Gasteiger partial charge in [0, 0.05) is 10.9 Å². The SMILES string of the molecule is Cc1noc([C@H](OC(=O)c2cscn2)c2ccccc2)n1. The molecule has 0 spiro atoms. The molecule has 0 amide bonds. The lowest BCUT2D eigenvalue weighted by Gasteiger charge is -2.13. The molecule has 0 aliphatic carbocycles. The van der Waals surface area contributed by atoms with Gasteiger partial charge in [0.15, 0.2) is 11.5 Å². The molecule has 0 N–H and O–H groups in total. The summed E-state index contributed by atoms with van der Waals surface area (Å²) in [6.07, 6.45) is -0.749. The molecule has 7 heteroatoms. The molecule has 3 aromatic rings. The summed E-state index contributed by atoms with van der Waals surface area (Å²) < 4.78 is 10.6. The van der Waals surface area contributed by atoms with Crippen molar-refractivity contribution in [2.75, 3.05) is 0 Å². The van der Waals surface area contributed by atoms with E-state index in [1.807, 2.05) is 30.3 Å². The van der Waals surface area contributed by atoms with Gasteiger partial charge in [-0.05, 0) is 6.92 Å². The monoisotopic (exact) mass is 301 g/mol. The largest absolute Gasteiger partial charge is 0.443 e. The number of thiazole rings is 1. The third kappa shape index (κ3) is 2.97. The number of aryl methyl sites for hydroxylation is 1. The lowest BCUT2D eigenvalue weighted by atomic mass is 10.1. The van der Waals surface area contributed by atoms with Crippen LogP contribution in [0.4, 0.5) is 0 Å². The van der Waals surface area contributed by atoms with Crippen LogP contribution in [0.1, 0.15) is 33.9 Å². The van der Waals surface area contributed by atoms with Crippen LogP contribution in [0.2, 0.25) is 0 Å². The molecule has 0 unspecified atom stereocenters. The molecule has 0 radical (unpaired) electrons. The first kappa shape index (κ1) is 13.4. The lowest BCUT2D eigenvalue weighted by molar-refractivity contribution is 0.0309. The molecule has 2 aromatic heterocycles. The summed E-state index contributed by atoms with van der Waals surface area (Å²) in [5.74, 6) is 0.193. The first-order chi connectivity index (χ1) is 10.2. The molecule has 0 bridgehead atoms. The van der Waals surface area contributed by atoms with Crippen LogP contribution in [-0.2, 0) is 4.74 Å². The number of hydrogen-bond acceptors (Lipinski definition) is 7. The lowest BCUT2D eigenvalue weighted by Crippen LogP contribution is -2.13. The molecule has 0 saturated carbocycles. The van der Waals surface area contributed by atoms with E-state index in [1.54, 1.807) is 17.8 Å². The van der Waals surface area contributed by atoms with Crippen molar-refractivity contribution in [1.82, 2.24) is 15.1 Å². The van der Waals surface area contributed by atoms with Crippen molar-refractivity contribution in [3.8, 4) is 0 Å². The molecule has 0 saturated heterocycles. The van der Waals surface area contributed by atoms with E-state index in [0.717, 1.165) is 5.56 Å². The number of hydrogen-bond donors (Lipinski definition) is 0. The molecular formula is C14H11N3O3S. The summed E-state index contributed by atoms with van der Waals surface area (Å²) >= 11 is 1.33. The van der Waals surface area contributed by atoms with E-state index >= 15 is 0 Å². The summed E-state index contributed by atoms with van der Waals surface area (Å²) in [4.78, 5) is 20.2. The summed E-state index contributed by atoms with van der Waals surface area (Å²) in [6.45, 7) is 1.71. The van der Waals surface area contributed by atoms with E-state index in [4.69, 9.17) is 9.26 Å². The zero-order valence-electron chi connectivity index (χ0n) is 11.1. The Bertz CT molecular complexity index is 725. The normalized spacial score (nSPS) is 12.0. The van der Waals surface area contributed by atoms with E-state index in [-0.39, 0.29) is 11.6 Å². The molecule has 0 aliphatic heterocycles. The predicted molar refractivity (Wildman–Crippen MR) is 74.8 cm³/mol. The van der Waals surface area contributed by atoms with Gasteiger partial charge in [-0.2, -0.15) is 4.98 Å². The fourth-order valence-corrected chi connectivity index (χ4v) is 2.31. The second kappa shape index (κ2) is 5.84. The van der Waals surface area contributed by atoms with E-state index in [1.165, 1.54) is 11.3 Å². The smallest absolute Gasteiger partial charge is 0.358 e.